The van der Waals surface area contributed by atoms with E-state index in [0.29, 0.717) is 30.1 Å². The second-order valence-corrected chi connectivity index (χ2v) is 15.8. The molecule has 2 bridgehead atoms. The lowest BCUT2D eigenvalue weighted by molar-refractivity contribution is -0.122. The third-order valence-corrected chi connectivity index (χ3v) is 11.5. The lowest BCUT2D eigenvalue weighted by atomic mass is 9.86. The molecule has 6 atom stereocenters. The van der Waals surface area contributed by atoms with Crippen molar-refractivity contribution in [2.75, 3.05) is 19.5 Å². The number of anilines is 1. The molecule has 45 heavy (non-hydrogen) atoms. The molecule has 0 aliphatic heterocycles. The third-order valence-electron chi connectivity index (χ3n) is 8.63. The maximum absolute atomic E-state index is 14.4. The smallest absolute Gasteiger partial charge is 0.257 e. The Labute approximate surface area is 266 Å². The zero-order valence-electron chi connectivity index (χ0n) is 25.9. The van der Waals surface area contributed by atoms with Gasteiger partial charge in [0, 0.05) is 12.7 Å². The first-order valence-corrected chi connectivity index (χ1v) is 16.7. The summed E-state index contributed by atoms with van der Waals surface area (Å²) in [5.41, 5.74) is 3.50. The summed E-state index contributed by atoms with van der Waals surface area (Å²) in [5.74, 6) is -0.429. The first-order valence-electron chi connectivity index (χ1n) is 14.7. The molecular weight excluding hydrogens is 614 g/mol. The van der Waals surface area contributed by atoms with E-state index in [2.05, 4.69) is 5.32 Å². The van der Waals surface area contributed by atoms with E-state index >= 15 is 0 Å². The normalized spacial score (nSPS) is 21.7. The van der Waals surface area contributed by atoms with E-state index in [0.717, 1.165) is 23.6 Å². The highest BCUT2D eigenvalue weighted by Crippen LogP contribution is 2.47. The second kappa shape index (κ2) is 12.6. The largest absolute Gasteiger partial charge is 0.496 e. The Morgan fingerprint density at radius 3 is 2.44 bits per heavy atom. The average Bonchev–Trinajstić information content (AvgIpc) is 3.61. The summed E-state index contributed by atoms with van der Waals surface area (Å²) >= 11 is 0. The number of nitrogens with zero attached hydrogens (tertiary/aromatic N) is 1. The van der Waals surface area contributed by atoms with Crippen LogP contribution in [0, 0.1) is 31.6 Å². The van der Waals surface area contributed by atoms with E-state index in [4.69, 9.17) is 9.47 Å². The number of methoxy groups -OCH3 is 1. The highest BCUT2D eigenvalue weighted by atomic mass is 32.2. The number of hydrogen-bond acceptors (Lipinski definition) is 6. The molecule has 1 saturated carbocycles. The summed E-state index contributed by atoms with van der Waals surface area (Å²) in [6.45, 7) is 5.18. The van der Waals surface area contributed by atoms with Gasteiger partial charge in [-0.1, -0.05) is 57.3 Å². The summed E-state index contributed by atoms with van der Waals surface area (Å²) in [7, 11) is 0.577. The van der Waals surface area contributed by atoms with Gasteiger partial charge in [0.25, 0.3) is 5.91 Å². The molecule has 0 aromatic heterocycles. The van der Waals surface area contributed by atoms with Gasteiger partial charge in [-0.2, -0.15) is 0 Å². The van der Waals surface area contributed by atoms with Crippen LogP contribution in [0.1, 0.15) is 40.4 Å². The fourth-order valence-electron chi connectivity index (χ4n) is 6.31. The second-order valence-electron chi connectivity index (χ2n) is 12.0. The minimum atomic E-state index is -4.30. The molecule has 5 rings (SSSR count). The quantitative estimate of drug-likeness (QED) is 0.210. The van der Waals surface area contributed by atoms with Crippen LogP contribution in [-0.2, 0) is 21.2 Å². The van der Waals surface area contributed by atoms with Crippen LogP contribution in [0.15, 0.2) is 77.7 Å². The summed E-state index contributed by atoms with van der Waals surface area (Å²) in [6.07, 6.45) is 4.74. The Kier molecular flexibility index (Phi) is 9.11. The van der Waals surface area contributed by atoms with Crippen LogP contribution in [0.25, 0.3) is 0 Å². The monoisotopic (exact) mass is 652 g/mol. The molecule has 2 amide bonds. The van der Waals surface area contributed by atoms with Crippen molar-refractivity contribution in [1.29, 1.82) is 0 Å². The van der Waals surface area contributed by atoms with Crippen LogP contribution in [-0.4, -0.2) is 50.1 Å². The molecular formula is C34H38FN2O6PS. The van der Waals surface area contributed by atoms with Crippen LogP contribution < -0.4 is 14.8 Å². The molecule has 3 aromatic carbocycles. The van der Waals surface area contributed by atoms with E-state index in [9.17, 15) is 22.4 Å². The van der Waals surface area contributed by atoms with E-state index in [1.807, 2.05) is 50.3 Å². The van der Waals surface area contributed by atoms with Gasteiger partial charge in [-0.3, -0.25) is 9.59 Å². The van der Waals surface area contributed by atoms with Crippen molar-refractivity contribution in [2.45, 2.75) is 49.5 Å². The van der Waals surface area contributed by atoms with Gasteiger partial charge in [0.1, 0.15) is 18.1 Å². The number of carbonyl (C=O) groups excluding carboxylic acids is 2. The number of benzene rings is 3. The number of amides is 2. The fourth-order valence-corrected chi connectivity index (χ4v) is 7.72. The summed E-state index contributed by atoms with van der Waals surface area (Å²) < 4.78 is 48.9. The van der Waals surface area contributed by atoms with Crippen LogP contribution in [0.2, 0.25) is 0 Å². The van der Waals surface area contributed by atoms with Gasteiger partial charge in [-0.25, -0.2) is 12.8 Å². The highest BCUT2D eigenvalue weighted by Gasteiger charge is 2.51. The number of carbonyl (C=O) groups is 2. The number of aryl methyl sites for hydroxylation is 2. The van der Waals surface area contributed by atoms with Crippen molar-refractivity contribution < 1.29 is 31.9 Å². The van der Waals surface area contributed by atoms with E-state index < -0.39 is 26.5 Å². The zero-order valence-corrected chi connectivity index (χ0v) is 27.9. The lowest BCUT2D eigenvalue weighted by Crippen LogP contribution is -2.48. The third kappa shape index (κ3) is 6.49. The number of nitrogens with one attached hydrogen (secondary N) is 1. The molecule has 238 valence electrons. The van der Waals surface area contributed by atoms with Crippen molar-refractivity contribution in [1.82, 2.24) is 4.90 Å². The lowest BCUT2D eigenvalue weighted by Gasteiger charge is -2.35. The molecule has 3 aromatic rings. The van der Waals surface area contributed by atoms with Gasteiger partial charge in [-0.15, -0.1) is 0 Å². The fraction of sp³-hybridized carbons (Fsp3) is 0.353. The summed E-state index contributed by atoms with van der Waals surface area (Å²) in [6, 6.07) is 16.6. The summed E-state index contributed by atoms with van der Waals surface area (Å²) in [5, 5.41) is 2.82. The molecule has 0 heterocycles. The minimum Gasteiger partial charge on any atom is -0.496 e. The summed E-state index contributed by atoms with van der Waals surface area (Å²) in [4.78, 5) is 29.2. The number of ether oxygens (including phenoxy) is 2. The highest BCUT2D eigenvalue weighted by molar-refractivity contribution is 7.96. The van der Waals surface area contributed by atoms with Gasteiger partial charge >= 0.3 is 0 Å². The van der Waals surface area contributed by atoms with Crippen molar-refractivity contribution in [3.05, 3.63) is 95.1 Å². The Balaban J connectivity index is 1.38. The number of fused-ring (bicyclic) bond motifs is 2. The van der Waals surface area contributed by atoms with Gasteiger partial charge < -0.3 is 19.7 Å². The Hall–Kier alpha value is -3.75. The standard InChI is InChI=1S/C34H38FN2O6PS/c1-20-8-6-9-22(14-20)19-43-28-18-27(29(42-5)15-21(28)2)33(39)37(4)31-24-13-12-23(16-24)30(31)32(38)36-25-10-7-11-26(17-25)45(40,41)34(3,35)44/h6-15,17-18,23-24,30-31H,16,19,44H2,1-5H3,(H,36,38)/t23-,24-,30-,31+,34?/m0/s1. The van der Waals surface area contributed by atoms with Crippen LogP contribution in [0.4, 0.5) is 10.1 Å². The van der Waals surface area contributed by atoms with Gasteiger partial charge in [0.2, 0.25) is 20.5 Å². The van der Waals surface area contributed by atoms with Crippen LogP contribution in [0.3, 0.4) is 0 Å². The SMILES string of the molecule is COc1cc(C)c(OCc2cccc(C)c2)cc1C(=O)N(C)[C@H]1[C@@H](C(=O)Nc2cccc(S(=O)(=O)C(C)(F)P)c2)[C@H]2C=C[C@H]1C2. The van der Waals surface area contributed by atoms with Crippen molar-refractivity contribution in [3.63, 3.8) is 0 Å². The zero-order chi connectivity index (χ0) is 32.7. The van der Waals surface area contributed by atoms with Gasteiger partial charge in [0.15, 0.2) is 0 Å². The Bertz CT molecular complexity index is 1770. The average molecular weight is 653 g/mol. The molecule has 1 fully saturated rings. The molecule has 0 saturated heterocycles. The van der Waals surface area contributed by atoms with Gasteiger partial charge in [-0.05, 0) is 80.5 Å². The maximum Gasteiger partial charge on any atom is 0.257 e. The minimum absolute atomic E-state index is 0.0377. The van der Waals surface area contributed by atoms with Gasteiger partial charge in [0.05, 0.1) is 29.5 Å². The topological polar surface area (TPSA) is 102 Å². The van der Waals surface area contributed by atoms with E-state index in [1.165, 1.54) is 25.3 Å². The number of rotatable bonds is 10. The van der Waals surface area contributed by atoms with E-state index in [1.54, 1.807) is 39.4 Å². The van der Waals surface area contributed by atoms with Crippen LogP contribution in [0.5, 0.6) is 11.5 Å². The molecule has 2 unspecified atom stereocenters. The molecule has 2 aliphatic carbocycles. The first-order chi connectivity index (χ1) is 21.2. The number of allylic oxidation sites excluding steroid dienone is 1. The Morgan fingerprint density at radius 1 is 1.04 bits per heavy atom. The maximum atomic E-state index is 14.4. The number of sulfone groups is 1. The van der Waals surface area contributed by atoms with Crippen molar-refractivity contribution >= 4 is 36.6 Å². The predicted molar refractivity (Wildman–Crippen MR) is 175 cm³/mol. The molecule has 0 spiro atoms. The molecule has 2 aliphatic rings. The van der Waals surface area contributed by atoms with Crippen LogP contribution >= 0.6 is 9.24 Å². The first kappa shape index (κ1) is 32.6. The number of hydrogen-bond donors (Lipinski definition) is 1. The van der Waals surface area contributed by atoms with Crippen molar-refractivity contribution in [2.24, 2.45) is 17.8 Å². The molecule has 8 nitrogen and oxygen atoms in total. The molecule has 11 heteroatoms. The number of halogens is 1. The van der Waals surface area contributed by atoms with Crippen molar-refractivity contribution in [3.8, 4) is 11.5 Å². The Morgan fingerprint density at radius 2 is 1.76 bits per heavy atom. The predicted octanol–water partition coefficient (Wildman–Crippen LogP) is 6.08. The molecule has 0 radical (unpaired) electrons. The van der Waals surface area contributed by atoms with E-state index in [-0.39, 0.29) is 34.2 Å². The molecule has 1 N–H and O–H groups in total. The number of alkyl halides is 1.